The second-order valence-corrected chi connectivity index (χ2v) is 3.22. The minimum atomic E-state index is 1.05. The van der Waals surface area contributed by atoms with Crippen LogP contribution in [0.4, 0.5) is 0 Å². The van der Waals surface area contributed by atoms with Gasteiger partial charge in [-0.15, -0.1) is 0 Å². The van der Waals surface area contributed by atoms with Crippen LogP contribution in [-0.2, 0) is 0 Å². The molecule has 0 radical (unpaired) electrons. The maximum atomic E-state index is 3.44. The summed E-state index contributed by atoms with van der Waals surface area (Å²) in [7, 11) is 0. The van der Waals surface area contributed by atoms with Crippen LogP contribution in [0, 0.1) is 0 Å². The Balaban J connectivity index is 2.55. The van der Waals surface area contributed by atoms with Crippen LogP contribution in [0.5, 0.6) is 0 Å². The van der Waals surface area contributed by atoms with E-state index in [1.807, 2.05) is 0 Å². The van der Waals surface area contributed by atoms with Gasteiger partial charge in [-0.3, -0.25) is 0 Å². The maximum absolute atomic E-state index is 3.44. The van der Waals surface area contributed by atoms with E-state index >= 15 is 0 Å². The Hall–Kier alpha value is -0.660. The summed E-state index contributed by atoms with van der Waals surface area (Å²) < 4.78 is 0. The molecular formula is C10H20N2. The minimum Gasteiger partial charge on any atom is -0.387 e. The molecule has 0 spiro atoms. The Bertz CT molecular complexity index is 143. The Morgan fingerprint density at radius 2 is 1.33 bits per heavy atom. The molecule has 0 atom stereocenters. The normalized spacial score (nSPS) is 17.8. The van der Waals surface area contributed by atoms with Crippen molar-refractivity contribution in [2.24, 2.45) is 0 Å². The van der Waals surface area contributed by atoms with Crippen LogP contribution < -0.4 is 10.6 Å². The van der Waals surface area contributed by atoms with Crippen molar-refractivity contribution in [3.05, 3.63) is 11.4 Å². The van der Waals surface area contributed by atoms with Gasteiger partial charge < -0.3 is 10.6 Å². The maximum Gasteiger partial charge on any atom is 0.0299 e. The highest BCUT2D eigenvalue weighted by Crippen LogP contribution is 2.20. The van der Waals surface area contributed by atoms with E-state index in [0.717, 1.165) is 13.1 Å². The summed E-state index contributed by atoms with van der Waals surface area (Å²) in [5.41, 5.74) is 2.90. The molecule has 0 saturated carbocycles. The highest BCUT2D eigenvalue weighted by Gasteiger charge is 2.10. The summed E-state index contributed by atoms with van der Waals surface area (Å²) in [5, 5.41) is 6.87. The molecule has 0 aromatic rings. The molecule has 2 heteroatoms. The average Bonchev–Trinajstić information content (AvgIpc) is 2.09. The summed E-state index contributed by atoms with van der Waals surface area (Å²) in [4.78, 5) is 0. The molecule has 0 aromatic carbocycles. The Kier molecular flexibility index (Phi) is 3.98. The van der Waals surface area contributed by atoms with Gasteiger partial charge >= 0.3 is 0 Å². The van der Waals surface area contributed by atoms with Crippen LogP contribution in [0.1, 0.15) is 39.5 Å². The van der Waals surface area contributed by atoms with Crippen molar-refractivity contribution in [3.63, 3.8) is 0 Å². The monoisotopic (exact) mass is 168 g/mol. The van der Waals surface area contributed by atoms with Crippen molar-refractivity contribution in [1.82, 2.24) is 10.6 Å². The highest BCUT2D eigenvalue weighted by molar-refractivity contribution is 5.13. The first-order valence-electron chi connectivity index (χ1n) is 5.08. The number of hydrogen-bond acceptors (Lipinski definition) is 2. The highest BCUT2D eigenvalue weighted by atomic mass is 14.9. The van der Waals surface area contributed by atoms with Crippen LogP contribution in [0.15, 0.2) is 11.4 Å². The largest absolute Gasteiger partial charge is 0.387 e. The van der Waals surface area contributed by atoms with Crippen molar-refractivity contribution in [2.75, 3.05) is 13.1 Å². The summed E-state index contributed by atoms with van der Waals surface area (Å²) in [5.74, 6) is 0. The summed E-state index contributed by atoms with van der Waals surface area (Å²) in [6.45, 7) is 6.41. The zero-order chi connectivity index (χ0) is 8.81. The molecule has 0 saturated heterocycles. The Morgan fingerprint density at radius 3 is 1.67 bits per heavy atom. The molecule has 0 aromatic heterocycles. The molecule has 0 fully saturated rings. The summed E-state index contributed by atoms with van der Waals surface area (Å²) in [6, 6.07) is 0. The SMILES string of the molecule is CCNC1=C(NCC)CCCC1. The predicted octanol–water partition coefficient (Wildman–Crippen LogP) is 1.99. The number of allylic oxidation sites excluding steroid dienone is 2. The number of rotatable bonds is 4. The van der Waals surface area contributed by atoms with Gasteiger partial charge in [0.1, 0.15) is 0 Å². The van der Waals surface area contributed by atoms with E-state index in [0.29, 0.717) is 0 Å². The second kappa shape index (κ2) is 5.07. The van der Waals surface area contributed by atoms with Gasteiger partial charge in [-0.2, -0.15) is 0 Å². The molecule has 2 nitrogen and oxygen atoms in total. The lowest BCUT2D eigenvalue weighted by Gasteiger charge is -2.21. The third kappa shape index (κ3) is 2.43. The lowest BCUT2D eigenvalue weighted by Crippen LogP contribution is -2.24. The minimum absolute atomic E-state index is 1.05. The molecule has 0 bridgehead atoms. The van der Waals surface area contributed by atoms with Crippen molar-refractivity contribution in [3.8, 4) is 0 Å². The molecule has 0 amide bonds. The molecule has 70 valence electrons. The van der Waals surface area contributed by atoms with Gasteiger partial charge in [-0.05, 0) is 39.5 Å². The number of hydrogen-bond donors (Lipinski definition) is 2. The second-order valence-electron chi connectivity index (χ2n) is 3.22. The molecule has 0 heterocycles. The third-order valence-electron chi connectivity index (χ3n) is 2.25. The van der Waals surface area contributed by atoms with Gasteiger partial charge in [0.2, 0.25) is 0 Å². The van der Waals surface area contributed by atoms with E-state index < -0.39 is 0 Å². The molecule has 12 heavy (non-hydrogen) atoms. The van der Waals surface area contributed by atoms with E-state index in [9.17, 15) is 0 Å². The van der Waals surface area contributed by atoms with E-state index in [2.05, 4.69) is 24.5 Å². The predicted molar refractivity (Wildman–Crippen MR) is 52.8 cm³/mol. The molecule has 2 N–H and O–H groups in total. The van der Waals surface area contributed by atoms with E-state index in [1.165, 1.54) is 37.1 Å². The van der Waals surface area contributed by atoms with Gasteiger partial charge in [0.15, 0.2) is 0 Å². The van der Waals surface area contributed by atoms with E-state index in [4.69, 9.17) is 0 Å². The summed E-state index contributed by atoms with van der Waals surface area (Å²) >= 11 is 0. The first kappa shape index (κ1) is 9.43. The van der Waals surface area contributed by atoms with Crippen LogP contribution in [0.2, 0.25) is 0 Å². The van der Waals surface area contributed by atoms with Crippen molar-refractivity contribution in [1.29, 1.82) is 0 Å². The van der Waals surface area contributed by atoms with Gasteiger partial charge in [-0.25, -0.2) is 0 Å². The van der Waals surface area contributed by atoms with Gasteiger partial charge in [0.25, 0.3) is 0 Å². The zero-order valence-electron chi connectivity index (χ0n) is 8.24. The third-order valence-corrected chi connectivity index (χ3v) is 2.25. The van der Waals surface area contributed by atoms with Crippen molar-refractivity contribution >= 4 is 0 Å². The van der Waals surface area contributed by atoms with Gasteiger partial charge in [0.05, 0.1) is 0 Å². The van der Waals surface area contributed by atoms with Crippen LogP contribution >= 0.6 is 0 Å². The average molecular weight is 168 g/mol. The zero-order valence-corrected chi connectivity index (χ0v) is 8.24. The van der Waals surface area contributed by atoms with Crippen molar-refractivity contribution < 1.29 is 0 Å². The quantitative estimate of drug-likeness (QED) is 0.671. The molecule has 0 aliphatic heterocycles. The standard InChI is InChI=1S/C10H20N2/c1-3-11-9-7-5-6-8-10(9)12-4-2/h11-12H,3-8H2,1-2H3. The van der Waals surface area contributed by atoms with Gasteiger partial charge in [-0.1, -0.05) is 0 Å². The molecule has 1 aliphatic rings. The molecule has 1 rings (SSSR count). The summed E-state index contributed by atoms with van der Waals surface area (Å²) in [6.07, 6.45) is 5.15. The molecular weight excluding hydrogens is 148 g/mol. The lowest BCUT2D eigenvalue weighted by atomic mass is 10.0. The van der Waals surface area contributed by atoms with Crippen molar-refractivity contribution in [2.45, 2.75) is 39.5 Å². The topological polar surface area (TPSA) is 24.1 Å². The Labute approximate surface area is 75.4 Å². The smallest absolute Gasteiger partial charge is 0.0299 e. The fraction of sp³-hybridized carbons (Fsp3) is 0.800. The Morgan fingerprint density at radius 1 is 0.917 bits per heavy atom. The fourth-order valence-electron chi connectivity index (χ4n) is 1.72. The van der Waals surface area contributed by atoms with Gasteiger partial charge in [0, 0.05) is 24.5 Å². The van der Waals surface area contributed by atoms with E-state index in [-0.39, 0.29) is 0 Å². The lowest BCUT2D eigenvalue weighted by molar-refractivity contribution is 0.585. The van der Waals surface area contributed by atoms with Crippen LogP contribution in [-0.4, -0.2) is 13.1 Å². The molecule has 0 unspecified atom stereocenters. The van der Waals surface area contributed by atoms with Crippen LogP contribution in [0.3, 0.4) is 0 Å². The van der Waals surface area contributed by atoms with Crippen LogP contribution in [0.25, 0.3) is 0 Å². The first-order valence-corrected chi connectivity index (χ1v) is 5.08. The fourth-order valence-corrected chi connectivity index (χ4v) is 1.72. The molecule has 1 aliphatic carbocycles. The first-order chi connectivity index (χ1) is 5.88. The van der Waals surface area contributed by atoms with E-state index in [1.54, 1.807) is 0 Å². The number of nitrogens with one attached hydrogen (secondary N) is 2.